The van der Waals surface area contributed by atoms with Gasteiger partial charge in [-0.05, 0) is 56.4 Å². The number of allylic oxidation sites excluding steroid dienone is 1. The molecule has 3 heterocycles. The summed E-state index contributed by atoms with van der Waals surface area (Å²) in [6.45, 7) is 8.66. The molecule has 2 aromatic rings. The minimum Gasteiger partial charge on any atom is -0.501 e. The van der Waals surface area contributed by atoms with Crippen LogP contribution in [0.3, 0.4) is 0 Å². The monoisotopic (exact) mass is 529 g/mol. The molecular weight excluding hydrogens is 490 g/mol. The molecule has 1 N–H and O–H groups in total. The Hall–Kier alpha value is -2.59. The number of anilines is 1. The van der Waals surface area contributed by atoms with Crippen molar-refractivity contribution >= 4 is 32.8 Å². The Morgan fingerprint density at radius 1 is 1.16 bits per heavy atom. The Morgan fingerprint density at radius 3 is 2.51 bits per heavy atom. The number of fused-ring (bicyclic) bond motifs is 1. The fraction of sp³-hybridized carbons (Fsp3) is 0.630. The Balaban J connectivity index is 1.35. The molecule has 0 radical (unpaired) electrons. The summed E-state index contributed by atoms with van der Waals surface area (Å²) >= 11 is 0. The van der Waals surface area contributed by atoms with Gasteiger partial charge in [-0.1, -0.05) is 20.8 Å². The molecule has 1 unspecified atom stereocenters. The first-order valence-electron chi connectivity index (χ1n) is 13.4. The highest BCUT2D eigenvalue weighted by Crippen LogP contribution is 2.32. The van der Waals surface area contributed by atoms with Crippen LogP contribution < -0.4 is 9.62 Å². The molecule has 1 amide bonds. The van der Waals surface area contributed by atoms with Crippen molar-refractivity contribution in [3.63, 3.8) is 0 Å². The number of rotatable bonds is 7. The van der Waals surface area contributed by atoms with Gasteiger partial charge in [0.1, 0.15) is 5.82 Å². The SMILES string of the molecule is CN(c1ccc2c(c1)nc(C(C)(C)C)n2CC1C=COCC1)S(=O)(=O)N1CCC(C(=O)NC2CC2)CC1. The van der Waals surface area contributed by atoms with Gasteiger partial charge in [0.15, 0.2) is 0 Å². The lowest BCUT2D eigenvalue weighted by molar-refractivity contribution is -0.126. The van der Waals surface area contributed by atoms with E-state index in [0.717, 1.165) is 42.7 Å². The molecular formula is C27H39N5O4S. The van der Waals surface area contributed by atoms with Crippen LogP contribution in [-0.2, 0) is 31.7 Å². The molecule has 202 valence electrons. The summed E-state index contributed by atoms with van der Waals surface area (Å²) < 4.78 is 37.5. The second-order valence-electron chi connectivity index (χ2n) is 11.6. The number of piperidine rings is 1. The van der Waals surface area contributed by atoms with Crippen molar-refractivity contribution in [2.75, 3.05) is 31.0 Å². The van der Waals surface area contributed by atoms with E-state index in [4.69, 9.17) is 9.72 Å². The van der Waals surface area contributed by atoms with Crippen molar-refractivity contribution < 1.29 is 17.9 Å². The number of aromatic nitrogens is 2. The normalized spacial score (nSPS) is 21.7. The second-order valence-corrected chi connectivity index (χ2v) is 13.6. The molecule has 1 atom stereocenters. The van der Waals surface area contributed by atoms with Gasteiger partial charge in [0, 0.05) is 50.0 Å². The quantitative estimate of drug-likeness (QED) is 0.592. The van der Waals surface area contributed by atoms with Crippen LogP contribution in [0.15, 0.2) is 30.5 Å². The van der Waals surface area contributed by atoms with Crippen LogP contribution in [0.4, 0.5) is 5.69 Å². The Kier molecular flexibility index (Phi) is 7.00. The predicted octanol–water partition coefficient (Wildman–Crippen LogP) is 3.56. The lowest BCUT2D eigenvalue weighted by atomic mass is 9.95. The third-order valence-electron chi connectivity index (χ3n) is 7.66. The van der Waals surface area contributed by atoms with Crippen LogP contribution in [0.2, 0.25) is 0 Å². The van der Waals surface area contributed by atoms with Gasteiger partial charge in [0.2, 0.25) is 5.91 Å². The maximum absolute atomic E-state index is 13.5. The van der Waals surface area contributed by atoms with E-state index in [9.17, 15) is 13.2 Å². The molecule has 1 aliphatic carbocycles. The van der Waals surface area contributed by atoms with E-state index in [0.29, 0.717) is 50.2 Å². The molecule has 1 aromatic carbocycles. The Morgan fingerprint density at radius 2 is 1.89 bits per heavy atom. The molecule has 10 heteroatoms. The number of ether oxygens (including phenoxy) is 1. The van der Waals surface area contributed by atoms with Gasteiger partial charge >= 0.3 is 10.2 Å². The predicted molar refractivity (Wildman–Crippen MR) is 144 cm³/mol. The van der Waals surface area contributed by atoms with Crippen molar-refractivity contribution in [1.29, 1.82) is 0 Å². The molecule has 5 rings (SSSR count). The number of hydrogen-bond donors (Lipinski definition) is 1. The Bertz CT molecular complexity index is 1280. The lowest BCUT2D eigenvalue weighted by Crippen LogP contribution is -2.48. The number of imidazole rings is 1. The highest BCUT2D eigenvalue weighted by atomic mass is 32.2. The zero-order valence-electron chi connectivity index (χ0n) is 22.3. The molecule has 0 spiro atoms. The number of benzene rings is 1. The summed E-state index contributed by atoms with van der Waals surface area (Å²) in [7, 11) is -2.13. The van der Waals surface area contributed by atoms with E-state index in [1.807, 2.05) is 18.2 Å². The molecule has 3 aliphatic rings. The van der Waals surface area contributed by atoms with Crippen molar-refractivity contribution in [3.8, 4) is 0 Å². The summed E-state index contributed by atoms with van der Waals surface area (Å²) in [5, 5.41) is 3.05. The average molecular weight is 530 g/mol. The van der Waals surface area contributed by atoms with Crippen molar-refractivity contribution in [2.24, 2.45) is 11.8 Å². The molecule has 0 bridgehead atoms. The molecule has 2 fully saturated rings. The van der Waals surface area contributed by atoms with Crippen LogP contribution in [0.25, 0.3) is 11.0 Å². The van der Waals surface area contributed by atoms with E-state index in [1.165, 1.54) is 8.61 Å². The minimum absolute atomic E-state index is 0.0693. The second kappa shape index (κ2) is 9.94. The van der Waals surface area contributed by atoms with Crippen molar-refractivity contribution in [3.05, 3.63) is 36.4 Å². The molecule has 1 saturated heterocycles. The van der Waals surface area contributed by atoms with Crippen molar-refractivity contribution in [2.45, 2.75) is 70.9 Å². The van der Waals surface area contributed by atoms with Gasteiger partial charge in [-0.2, -0.15) is 12.7 Å². The third kappa shape index (κ3) is 5.50. The van der Waals surface area contributed by atoms with E-state index >= 15 is 0 Å². The van der Waals surface area contributed by atoms with Crippen LogP contribution in [0, 0.1) is 11.8 Å². The van der Waals surface area contributed by atoms with E-state index in [2.05, 4.69) is 36.7 Å². The van der Waals surface area contributed by atoms with E-state index < -0.39 is 10.2 Å². The summed E-state index contributed by atoms with van der Waals surface area (Å²) in [4.78, 5) is 17.4. The summed E-state index contributed by atoms with van der Waals surface area (Å²) in [6, 6.07) is 6.04. The molecule has 9 nitrogen and oxygen atoms in total. The number of carbonyl (C=O) groups is 1. The van der Waals surface area contributed by atoms with Gasteiger partial charge in [0.25, 0.3) is 0 Å². The van der Waals surface area contributed by atoms with Crippen molar-refractivity contribution in [1.82, 2.24) is 19.2 Å². The smallest absolute Gasteiger partial charge is 0.303 e. The highest BCUT2D eigenvalue weighted by Gasteiger charge is 2.35. The van der Waals surface area contributed by atoms with E-state index in [1.54, 1.807) is 13.3 Å². The summed E-state index contributed by atoms with van der Waals surface area (Å²) in [6.07, 6.45) is 8.04. The number of carbonyl (C=O) groups excluding carboxylic acids is 1. The zero-order valence-corrected chi connectivity index (χ0v) is 23.1. The number of hydrogen-bond acceptors (Lipinski definition) is 5. The fourth-order valence-corrected chi connectivity index (χ4v) is 6.61. The Labute approximate surface area is 220 Å². The largest absolute Gasteiger partial charge is 0.501 e. The standard InChI is InChI=1S/C27H39N5O4S/c1-27(2,3)26-29-23-17-22(7-8-24(23)32(26)18-19-11-15-36-16-12-19)30(4)37(34,35)31-13-9-20(10-14-31)25(33)28-21-5-6-21/h7-8,11,15,17,19-21H,5-6,9-10,12-14,16,18H2,1-4H3,(H,28,33). The van der Waals surface area contributed by atoms with Gasteiger partial charge in [-0.25, -0.2) is 4.98 Å². The first-order valence-corrected chi connectivity index (χ1v) is 14.8. The lowest BCUT2D eigenvalue weighted by Gasteiger charge is -2.33. The first-order chi connectivity index (χ1) is 17.5. The fourth-order valence-electron chi connectivity index (χ4n) is 5.21. The maximum Gasteiger partial charge on any atom is 0.303 e. The van der Waals surface area contributed by atoms with E-state index in [-0.39, 0.29) is 17.2 Å². The molecule has 1 saturated carbocycles. The van der Waals surface area contributed by atoms with Crippen LogP contribution in [0.5, 0.6) is 0 Å². The van der Waals surface area contributed by atoms with Gasteiger partial charge < -0.3 is 14.6 Å². The minimum atomic E-state index is -3.72. The molecule has 1 aromatic heterocycles. The van der Waals surface area contributed by atoms with Gasteiger partial charge in [-0.3, -0.25) is 9.10 Å². The van der Waals surface area contributed by atoms with Crippen LogP contribution >= 0.6 is 0 Å². The van der Waals surface area contributed by atoms with Crippen LogP contribution in [-0.4, -0.2) is 61.0 Å². The average Bonchev–Trinajstić information content (AvgIpc) is 3.62. The number of amides is 1. The molecule has 2 aliphatic heterocycles. The first kappa shape index (κ1) is 26.0. The number of nitrogens with one attached hydrogen (secondary N) is 1. The maximum atomic E-state index is 13.5. The summed E-state index contributed by atoms with van der Waals surface area (Å²) in [5.41, 5.74) is 2.21. The zero-order chi connectivity index (χ0) is 26.4. The number of nitrogens with zero attached hydrogens (tertiary/aromatic N) is 4. The molecule has 37 heavy (non-hydrogen) atoms. The summed E-state index contributed by atoms with van der Waals surface area (Å²) in [5.74, 6) is 1.31. The highest BCUT2D eigenvalue weighted by molar-refractivity contribution is 7.90. The van der Waals surface area contributed by atoms with Crippen LogP contribution in [0.1, 0.15) is 58.7 Å². The third-order valence-corrected chi connectivity index (χ3v) is 9.58. The van der Waals surface area contributed by atoms with Gasteiger partial charge in [-0.15, -0.1) is 0 Å². The van der Waals surface area contributed by atoms with Gasteiger partial charge in [0.05, 0.1) is 29.6 Å². The topological polar surface area (TPSA) is 96.8 Å².